The van der Waals surface area contributed by atoms with Crippen molar-refractivity contribution in [2.24, 2.45) is 35.5 Å². The lowest BCUT2D eigenvalue weighted by Gasteiger charge is -2.41. The monoisotopic (exact) mass is 405 g/mol. The maximum atomic E-state index is 13.0. The van der Waals surface area contributed by atoms with Crippen LogP contribution in [0.5, 0.6) is 17.2 Å². The number of amides is 1. The highest BCUT2D eigenvalue weighted by Crippen LogP contribution is 2.63. The van der Waals surface area contributed by atoms with E-state index in [1.54, 1.807) is 31.4 Å². The van der Waals surface area contributed by atoms with Gasteiger partial charge in [-0.25, -0.2) is 0 Å². The number of ether oxygens (including phenoxy) is 2. The number of methoxy groups -OCH3 is 1. The van der Waals surface area contributed by atoms with Crippen LogP contribution in [0, 0.1) is 35.5 Å². The average molecular weight is 405 g/mol. The summed E-state index contributed by atoms with van der Waals surface area (Å²) in [6.45, 7) is 0. The topological polar surface area (TPSA) is 84.9 Å². The summed E-state index contributed by atoms with van der Waals surface area (Å²) in [5, 5.41) is 12.7. The van der Waals surface area contributed by atoms with E-state index in [1.165, 1.54) is 0 Å². The van der Waals surface area contributed by atoms with Gasteiger partial charge in [0, 0.05) is 5.69 Å². The molecule has 0 aliphatic heterocycles. The zero-order chi connectivity index (χ0) is 20.8. The molecule has 0 saturated heterocycles. The van der Waals surface area contributed by atoms with Crippen molar-refractivity contribution in [3.63, 3.8) is 0 Å². The predicted octanol–water partition coefficient (Wildman–Crippen LogP) is 4.19. The molecule has 0 radical (unpaired) electrons. The van der Waals surface area contributed by atoms with Crippen LogP contribution < -0.4 is 14.8 Å². The van der Waals surface area contributed by atoms with Crippen molar-refractivity contribution in [1.29, 1.82) is 0 Å². The molecule has 30 heavy (non-hydrogen) atoms. The van der Waals surface area contributed by atoms with Crippen LogP contribution in [0.4, 0.5) is 5.69 Å². The van der Waals surface area contributed by atoms with Gasteiger partial charge in [0.05, 0.1) is 18.9 Å². The molecule has 6 nitrogen and oxygen atoms in total. The summed E-state index contributed by atoms with van der Waals surface area (Å²) in [4.78, 5) is 24.9. The molecule has 0 unspecified atom stereocenters. The largest absolute Gasteiger partial charge is 0.497 e. The standard InChI is InChI=1S/C24H23NO5/c1-29-14-6-8-16(9-7-14)30-15-4-2-13(3-5-15)25-23(26)21-17-10-11-18(20-12-19(17)20)22(21)24(27)28/h2-11,17-22H,12H2,1H3,(H,25,26)(H,27,28)/t17-,18+,19+,20+,21-,22-/m0/s1. The van der Waals surface area contributed by atoms with Gasteiger partial charge in [0.15, 0.2) is 0 Å². The first-order valence-electron chi connectivity index (χ1n) is 10.2. The normalized spacial score (nSPS) is 30.3. The number of nitrogens with one attached hydrogen (secondary N) is 1. The molecule has 4 aliphatic carbocycles. The number of allylic oxidation sites excluding steroid dienone is 2. The van der Waals surface area contributed by atoms with Crippen molar-refractivity contribution in [3.05, 3.63) is 60.7 Å². The summed E-state index contributed by atoms with van der Waals surface area (Å²) in [5.74, 6) is 0.752. The summed E-state index contributed by atoms with van der Waals surface area (Å²) in [5.41, 5.74) is 0.629. The van der Waals surface area contributed by atoms with E-state index < -0.39 is 17.8 Å². The van der Waals surface area contributed by atoms with E-state index in [9.17, 15) is 14.7 Å². The third kappa shape index (κ3) is 3.22. The molecular formula is C24H23NO5. The number of carboxylic acids is 1. The Balaban J connectivity index is 1.27. The number of carbonyl (C=O) groups is 2. The van der Waals surface area contributed by atoms with Crippen LogP contribution in [0.2, 0.25) is 0 Å². The van der Waals surface area contributed by atoms with E-state index in [-0.39, 0.29) is 17.7 Å². The Morgan fingerprint density at radius 2 is 1.40 bits per heavy atom. The van der Waals surface area contributed by atoms with E-state index in [4.69, 9.17) is 9.47 Å². The van der Waals surface area contributed by atoms with E-state index in [1.807, 2.05) is 30.3 Å². The Bertz CT molecular complexity index is 997. The number of hydrogen-bond donors (Lipinski definition) is 2. The van der Waals surface area contributed by atoms with Crippen molar-refractivity contribution in [3.8, 4) is 17.2 Å². The highest BCUT2D eigenvalue weighted by molar-refractivity contribution is 5.96. The highest BCUT2D eigenvalue weighted by atomic mass is 16.5. The van der Waals surface area contributed by atoms with E-state index >= 15 is 0 Å². The number of anilines is 1. The SMILES string of the molecule is COc1ccc(Oc2ccc(NC(=O)[C@H]3[C@H]4C=C[C@H]([C@H]5C[C@H]45)[C@@H]3C(=O)O)cc2)cc1. The molecule has 6 rings (SSSR count). The Hall–Kier alpha value is -3.28. The Kier molecular flexibility index (Phi) is 4.50. The molecule has 2 saturated carbocycles. The fraction of sp³-hybridized carbons (Fsp3) is 0.333. The number of hydrogen-bond acceptors (Lipinski definition) is 4. The van der Waals surface area contributed by atoms with Gasteiger partial charge in [-0.2, -0.15) is 0 Å². The van der Waals surface area contributed by atoms with Gasteiger partial charge in [-0.05, 0) is 78.6 Å². The zero-order valence-corrected chi connectivity index (χ0v) is 16.5. The van der Waals surface area contributed by atoms with E-state index in [0.717, 1.165) is 12.2 Å². The van der Waals surface area contributed by atoms with Gasteiger partial charge in [0.1, 0.15) is 17.2 Å². The highest BCUT2D eigenvalue weighted by Gasteiger charge is 2.62. The van der Waals surface area contributed by atoms with Gasteiger partial charge in [-0.1, -0.05) is 12.2 Å². The summed E-state index contributed by atoms with van der Waals surface area (Å²) in [6, 6.07) is 14.4. The maximum absolute atomic E-state index is 13.0. The van der Waals surface area contributed by atoms with Crippen LogP contribution >= 0.6 is 0 Å². The second-order valence-corrected chi connectivity index (χ2v) is 8.28. The van der Waals surface area contributed by atoms with Gasteiger partial charge >= 0.3 is 5.97 Å². The van der Waals surface area contributed by atoms with Gasteiger partial charge < -0.3 is 19.9 Å². The number of rotatable bonds is 6. The summed E-state index contributed by atoms with van der Waals surface area (Å²) >= 11 is 0. The third-order valence-electron chi connectivity index (χ3n) is 6.66. The summed E-state index contributed by atoms with van der Waals surface area (Å²) < 4.78 is 10.9. The summed E-state index contributed by atoms with van der Waals surface area (Å²) in [6.07, 6.45) is 5.12. The van der Waals surface area contributed by atoms with E-state index in [2.05, 4.69) is 11.4 Å². The molecule has 2 fully saturated rings. The number of benzene rings is 2. The Labute approximate surface area is 174 Å². The molecule has 0 spiro atoms. The van der Waals surface area contributed by atoms with Crippen molar-refractivity contribution in [2.75, 3.05) is 12.4 Å². The van der Waals surface area contributed by atoms with Crippen LogP contribution in [-0.4, -0.2) is 24.1 Å². The molecule has 0 aromatic heterocycles. The van der Waals surface area contributed by atoms with Crippen LogP contribution in [0.1, 0.15) is 6.42 Å². The average Bonchev–Trinajstić information content (AvgIpc) is 3.58. The fourth-order valence-electron chi connectivity index (χ4n) is 5.18. The number of aliphatic carboxylic acids is 1. The molecule has 4 aliphatic rings. The molecule has 2 N–H and O–H groups in total. The van der Waals surface area contributed by atoms with Crippen molar-refractivity contribution in [2.45, 2.75) is 6.42 Å². The number of carboxylic acid groups (broad SMARTS) is 1. The second kappa shape index (κ2) is 7.20. The Morgan fingerprint density at radius 3 is 1.97 bits per heavy atom. The van der Waals surface area contributed by atoms with E-state index in [0.29, 0.717) is 29.0 Å². The lowest BCUT2D eigenvalue weighted by atomic mass is 9.62. The van der Waals surface area contributed by atoms with Crippen molar-refractivity contribution in [1.82, 2.24) is 0 Å². The van der Waals surface area contributed by atoms with Crippen molar-refractivity contribution >= 4 is 17.6 Å². The van der Waals surface area contributed by atoms with Gasteiger partial charge in [-0.15, -0.1) is 0 Å². The first-order chi connectivity index (χ1) is 14.5. The molecule has 2 aromatic rings. The quantitative estimate of drug-likeness (QED) is 0.704. The number of carbonyl (C=O) groups excluding carboxylic acids is 1. The molecule has 6 heteroatoms. The molecule has 1 amide bonds. The molecule has 2 aromatic carbocycles. The Morgan fingerprint density at radius 1 is 0.867 bits per heavy atom. The van der Waals surface area contributed by atoms with Crippen LogP contribution in [0.15, 0.2) is 60.7 Å². The minimum atomic E-state index is -0.872. The van der Waals surface area contributed by atoms with Crippen molar-refractivity contribution < 1.29 is 24.2 Å². The minimum Gasteiger partial charge on any atom is -0.497 e. The zero-order valence-electron chi connectivity index (χ0n) is 16.5. The van der Waals surface area contributed by atoms with Gasteiger partial charge in [0.2, 0.25) is 5.91 Å². The first kappa shape index (κ1) is 18.7. The minimum absolute atomic E-state index is 0.0199. The van der Waals surface area contributed by atoms with Crippen LogP contribution in [0.25, 0.3) is 0 Å². The second-order valence-electron chi connectivity index (χ2n) is 8.28. The van der Waals surface area contributed by atoms with Crippen LogP contribution in [-0.2, 0) is 9.59 Å². The lowest BCUT2D eigenvalue weighted by Crippen LogP contribution is -2.48. The summed E-state index contributed by atoms with van der Waals surface area (Å²) in [7, 11) is 1.61. The number of fused-ring (bicyclic) bond motifs is 1. The van der Waals surface area contributed by atoms with Gasteiger partial charge in [-0.3, -0.25) is 9.59 Å². The lowest BCUT2D eigenvalue weighted by molar-refractivity contribution is -0.152. The smallest absolute Gasteiger partial charge is 0.307 e. The van der Waals surface area contributed by atoms with Crippen LogP contribution in [0.3, 0.4) is 0 Å². The fourth-order valence-corrected chi connectivity index (χ4v) is 5.18. The van der Waals surface area contributed by atoms with Gasteiger partial charge in [0.25, 0.3) is 0 Å². The molecule has 154 valence electrons. The first-order valence-corrected chi connectivity index (χ1v) is 10.2. The maximum Gasteiger partial charge on any atom is 0.307 e. The third-order valence-corrected chi connectivity index (χ3v) is 6.66. The molecule has 6 atom stereocenters. The molecule has 2 bridgehead atoms. The molecular weight excluding hydrogens is 382 g/mol. The predicted molar refractivity (Wildman–Crippen MR) is 110 cm³/mol. The molecule has 0 heterocycles.